The molecule has 0 radical (unpaired) electrons. The molecule has 5 nitrogen and oxygen atoms in total. The molecule has 26 heavy (non-hydrogen) atoms. The number of rotatable bonds is 8. The third kappa shape index (κ3) is 6.38. The first-order chi connectivity index (χ1) is 12.3. The first kappa shape index (κ1) is 20.3. The second-order valence-electron chi connectivity index (χ2n) is 5.94. The van der Waals surface area contributed by atoms with Gasteiger partial charge in [-0.05, 0) is 43.7 Å². The smallest absolute Gasteiger partial charge is 0.226 e. The van der Waals surface area contributed by atoms with E-state index in [1.807, 2.05) is 38.1 Å². The van der Waals surface area contributed by atoms with E-state index < -0.39 is 0 Å². The lowest BCUT2D eigenvalue weighted by molar-refractivity contribution is -0.121. The van der Waals surface area contributed by atoms with Crippen molar-refractivity contribution in [3.8, 4) is 0 Å². The van der Waals surface area contributed by atoms with Gasteiger partial charge in [0, 0.05) is 40.8 Å². The van der Waals surface area contributed by atoms with Crippen molar-refractivity contribution in [3.05, 3.63) is 50.1 Å². The summed E-state index contributed by atoms with van der Waals surface area (Å²) in [6.45, 7) is 4.09. The predicted molar refractivity (Wildman–Crippen MR) is 108 cm³/mol. The summed E-state index contributed by atoms with van der Waals surface area (Å²) in [6, 6.07) is 9.33. The van der Waals surface area contributed by atoms with Crippen LogP contribution in [0.3, 0.4) is 0 Å². The van der Waals surface area contributed by atoms with Crippen molar-refractivity contribution in [1.29, 1.82) is 0 Å². The van der Waals surface area contributed by atoms with Crippen LogP contribution >= 0.6 is 27.3 Å². The molecule has 0 aliphatic heterocycles. The predicted octanol–water partition coefficient (Wildman–Crippen LogP) is 4.24. The van der Waals surface area contributed by atoms with Crippen LogP contribution in [0.25, 0.3) is 0 Å². The monoisotopic (exact) mass is 436 g/mol. The van der Waals surface area contributed by atoms with Gasteiger partial charge in [-0.25, -0.2) is 0 Å². The highest BCUT2D eigenvalue weighted by molar-refractivity contribution is 9.10. The Kier molecular flexibility index (Phi) is 7.53. The fraction of sp³-hybridized carbons (Fsp3) is 0.316. The third-order valence-electron chi connectivity index (χ3n) is 3.74. The zero-order chi connectivity index (χ0) is 19.1. The normalized spacial score (nSPS) is 10.4. The third-order valence-corrected chi connectivity index (χ3v) is 5.28. The minimum Gasteiger partial charge on any atom is -0.356 e. The van der Waals surface area contributed by atoms with Crippen molar-refractivity contribution < 1.29 is 14.4 Å². The lowest BCUT2D eigenvalue weighted by Crippen LogP contribution is -2.28. The van der Waals surface area contributed by atoms with Crippen molar-refractivity contribution >= 4 is 50.6 Å². The molecule has 0 spiro atoms. The van der Waals surface area contributed by atoms with Crippen LogP contribution in [0.15, 0.2) is 34.8 Å². The summed E-state index contributed by atoms with van der Waals surface area (Å²) in [6.07, 6.45) is 0.479. The molecule has 0 saturated carbocycles. The van der Waals surface area contributed by atoms with Gasteiger partial charge in [0.05, 0.1) is 4.88 Å². The Labute approximate surface area is 165 Å². The van der Waals surface area contributed by atoms with Gasteiger partial charge in [0.15, 0.2) is 5.78 Å². The number of hydrogen-bond donors (Lipinski definition) is 2. The molecule has 2 amide bonds. The highest BCUT2D eigenvalue weighted by Gasteiger charge is 2.11. The molecular formula is C19H21BrN2O3S. The molecular weight excluding hydrogens is 416 g/mol. The number of Topliss-reactive ketones (excluding diaryl/α,β-unsaturated/α-hetero) is 1. The fourth-order valence-corrected chi connectivity index (χ4v) is 3.48. The average Bonchev–Trinajstić information content (AvgIpc) is 3.02. The summed E-state index contributed by atoms with van der Waals surface area (Å²) in [4.78, 5) is 37.5. The van der Waals surface area contributed by atoms with Gasteiger partial charge in [-0.15, -0.1) is 11.3 Å². The van der Waals surface area contributed by atoms with E-state index in [4.69, 9.17) is 0 Å². The van der Waals surface area contributed by atoms with Gasteiger partial charge in [-0.1, -0.05) is 22.0 Å². The SMILES string of the molecule is Cc1ccc(C(=O)CCC(=O)NCCC(=O)Nc2cc(Br)ccc2C)s1. The topological polar surface area (TPSA) is 75.3 Å². The summed E-state index contributed by atoms with van der Waals surface area (Å²) in [5.74, 6) is -0.421. The number of nitrogens with one attached hydrogen (secondary N) is 2. The standard InChI is InChI=1S/C19H21BrN2O3S/c1-12-3-5-14(20)11-15(12)22-19(25)9-10-21-18(24)8-6-16(23)17-7-4-13(2)26-17/h3-5,7,11H,6,8-10H2,1-2H3,(H,21,24)(H,22,25). The van der Waals surface area contributed by atoms with Gasteiger partial charge >= 0.3 is 0 Å². The molecule has 7 heteroatoms. The minimum absolute atomic E-state index is 0.0267. The fourth-order valence-electron chi connectivity index (χ4n) is 2.28. The zero-order valence-electron chi connectivity index (χ0n) is 14.7. The van der Waals surface area contributed by atoms with Crippen LogP contribution < -0.4 is 10.6 Å². The van der Waals surface area contributed by atoms with Gasteiger partial charge in [-0.3, -0.25) is 14.4 Å². The maximum Gasteiger partial charge on any atom is 0.226 e. The van der Waals surface area contributed by atoms with E-state index in [9.17, 15) is 14.4 Å². The van der Waals surface area contributed by atoms with Crippen molar-refractivity contribution in [1.82, 2.24) is 5.32 Å². The average molecular weight is 437 g/mol. The Balaban J connectivity index is 1.68. The molecule has 0 aliphatic carbocycles. The van der Waals surface area contributed by atoms with Gasteiger partial charge in [0.1, 0.15) is 0 Å². The van der Waals surface area contributed by atoms with E-state index in [2.05, 4.69) is 26.6 Å². The Hall–Kier alpha value is -1.99. The highest BCUT2D eigenvalue weighted by atomic mass is 79.9. The Morgan fingerprint density at radius 3 is 2.46 bits per heavy atom. The maximum absolute atomic E-state index is 12.0. The van der Waals surface area contributed by atoms with Crippen LogP contribution in [-0.4, -0.2) is 24.1 Å². The minimum atomic E-state index is -0.224. The van der Waals surface area contributed by atoms with E-state index in [-0.39, 0.29) is 43.4 Å². The molecule has 1 aromatic heterocycles. The number of thiophene rings is 1. The number of benzene rings is 1. The van der Waals surface area contributed by atoms with Crippen molar-refractivity contribution in [3.63, 3.8) is 0 Å². The number of ketones is 1. The lowest BCUT2D eigenvalue weighted by Gasteiger charge is -2.09. The van der Waals surface area contributed by atoms with Gasteiger partial charge in [0.2, 0.25) is 11.8 Å². The first-order valence-corrected chi connectivity index (χ1v) is 9.88. The number of amides is 2. The molecule has 2 rings (SSSR count). The lowest BCUT2D eigenvalue weighted by atomic mass is 10.2. The van der Waals surface area contributed by atoms with Gasteiger partial charge in [0.25, 0.3) is 0 Å². The van der Waals surface area contributed by atoms with Crippen LogP contribution in [0.1, 0.15) is 39.4 Å². The molecule has 0 atom stereocenters. The summed E-state index contributed by atoms with van der Waals surface area (Å²) in [7, 11) is 0. The molecule has 1 heterocycles. The number of anilines is 1. The van der Waals surface area contributed by atoms with E-state index in [1.165, 1.54) is 11.3 Å². The Morgan fingerprint density at radius 1 is 1.00 bits per heavy atom. The van der Waals surface area contributed by atoms with Gasteiger partial charge in [-0.2, -0.15) is 0 Å². The largest absolute Gasteiger partial charge is 0.356 e. The van der Waals surface area contributed by atoms with Gasteiger partial charge < -0.3 is 10.6 Å². The Bertz CT molecular complexity index is 817. The molecule has 2 aromatic rings. The van der Waals surface area contributed by atoms with Crippen molar-refractivity contribution in [2.24, 2.45) is 0 Å². The molecule has 0 saturated heterocycles. The van der Waals surface area contributed by atoms with E-state index in [0.717, 1.165) is 20.6 Å². The molecule has 0 fully saturated rings. The molecule has 138 valence electrons. The van der Waals surface area contributed by atoms with Crippen molar-refractivity contribution in [2.45, 2.75) is 33.1 Å². The summed E-state index contributed by atoms with van der Waals surface area (Å²) in [5.41, 5.74) is 1.71. The van der Waals surface area contributed by atoms with Crippen LogP contribution in [0.4, 0.5) is 5.69 Å². The second kappa shape index (κ2) is 9.64. The van der Waals surface area contributed by atoms with Crippen LogP contribution in [0, 0.1) is 13.8 Å². The van der Waals surface area contributed by atoms with E-state index in [1.54, 1.807) is 6.07 Å². The molecule has 2 N–H and O–H groups in total. The highest BCUT2D eigenvalue weighted by Crippen LogP contribution is 2.20. The molecule has 1 aromatic carbocycles. The number of hydrogen-bond acceptors (Lipinski definition) is 4. The van der Waals surface area contributed by atoms with Crippen LogP contribution in [-0.2, 0) is 9.59 Å². The number of carbonyl (C=O) groups is 3. The summed E-state index contributed by atoms with van der Waals surface area (Å²) >= 11 is 4.80. The second-order valence-corrected chi connectivity index (χ2v) is 8.14. The quantitative estimate of drug-likeness (QED) is 0.607. The number of halogens is 1. The summed E-state index contributed by atoms with van der Waals surface area (Å²) < 4.78 is 0.886. The maximum atomic E-state index is 12.0. The molecule has 0 bridgehead atoms. The first-order valence-electron chi connectivity index (χ1n) is 8.27. The molecule has 0 unspecified atom stereocenters. The molecule has 0 aliphatic rings. The summed E-state index contributed by atoms with van der Waals surface area (Å²) in [5, 5.41) is 5.51. The Morgan fingerprint density at radius 2 is 1.77 bits per heavy atom. The van der Waals surface area contributed by atoms with Crippen LogP contribution in [0.2, 0.25) is 0 Å². The van der Waals surface area contributed by atoms with Crippen molar-refractivity contribution in [2.75, 3.05) is 11.9 Å². The van der Waals surface area contributed by atoms with Crippen LogP contribution in [0.5, 0.6) is 0 Å². The zero-order valence-corrected chi connectivity index (χ0v) is 17.1. The number of carbonyl (C=O) groups excluding carboxylic acids is 3. The van der Waals surface area contributed by atoms with E-state index >= 15 is 0 Å². The number of aryl methyl sites for hydroxylation is 2. The van der Waals surface area contributed by atoms with E-state index in [0.29, 0.717) is 4.88 Å².